The third kappa shape index (κ3) is 3.18. The van der Waals surface area contributed by atoms with Crippen molar-refractivity contribution in [1.82, 2.24) is 34.1 Å². The predicted molar refractivity (Wildman–Crippen MR) is 117 cm³/mol. The van der Waals surface area contributed by atoms with E-state index in [0.29, 0.717) is 11.5 Å². The van der Waals surface area contributed by atoms with Crippen LogP contribution in [-0.2, 0) is 0 Å². The van der Waals surface area contributed by atoms with Crippen LogP contribution in [0.1, 0.15) is 24.4 Å². The van der Waals surface area contributed by atoms with Gasteiger partial charge >= 0.3 is 0 Å². The van der Waals surface area contributed by atoms with Gasteiger partial charge in [0.05, 0.1) is 24.6 Å². The zero-order valence-electron chi connectivity index (χ0n) is 17.1. The Kier molecular flexibility index (Phi) is 4.38. The van der Waals surface area contributed by atoms with E-state index < -0.39 is 0 Å². The first-order valence-electron chi connectivity index (χ1n) is 10.4. The van der Waals surface area contributed by atoms with Crippen molar-refractivity contribution in [3.05, 3.63) is 85.1 Å². The van der Waals surface area contributed by atoms with E-state index in [0.717, 1.165) is 42.1 Å². The Balaban J connectivity index is 1.40. The third-order valence-electron chi connectivity index (χ3n) is 5.78. The summed E-state index contributed by atoms with van der Waals surface area (Å²) in [6, 6.07) is 10.8. The smallest absolute Gasteiger partial charge is 0.157 e. The van der Waals surface area contributed by atoms with Gasteiger partial charge in [-0.25, -0.2) is 23.9 Å². The molecule has 1 unspecified atom stereocenters. The van der Waals surface area contributed by atoms with Crippen LogP contribution >= 0.6 is 0 Å². The van der Waals surface area contributed by atoms with Crippen LogP contribution in [-0.4, -0.2) is 40.7 Å². The van der Waals surface area contributed by atoms with E-state index in [-0.39, 0.29) is 11.9 Å². The van der Waals surface area contributed by atoms with E-state index in [9.17, 15) is 4.39 Å². The molecular formula is C23H19FN8. The summed E-state index contributed by atoms with van der Waals surface area (Å²) in [5.41, 5.74) is 3.10. The second-order valence-corrected chi connectivity index (χ2v) is 7.74. The number of hydrogen-bond acceptors (Lipinski definition) is 6. The molecule has 1 aliphatic rings. The Morgan fingerprint density at radius 1 is 1.00 bits per heavy atom. The summed E-state index contributed by atoms with van der Waals surface area (Å²) in [5, 5.41) is 4.88. The fourth-order valence-electron chi connectivity index (χ4n) is 4.29. The summed E-state index contributed by atoms with van der Waals surface area (Å²) in [6.07, 6.45) is 12.3. The highest BCUT2D eigenvalue weighted by Gasteiger charge is 2.28. The number of halogens is 1. The highest BCUT2D eigenvalue weighted by Crippen LogP contribution is 2.35. The normalized spacial score (nSPS) is 16.2. The van der Waals surface area contributed by atoms with Gasteiger partial charge in [0, 0.05) is 18.9 Å². The lowest BCUT2D eigenvalue weighted by Gasteiger charge is -2.26. The van der Waals surface area contributed by atoms with E-state index in [1.54, 1.807) is 52.3 Å². The van der Waals surface area contributed by atoms with Gasteiger partial charge in [-0.1, -0.05) is 12.1 Å². The van der Waals surface area contributed by atoms with Gasteiger partial charge in [0.1, 0.15) is 29.4 Å². The molecule has 1 saturated heterocycles. The summed E-state index contributed by atoms with van der Waals surface area (Å²) in [5.74, 6) is 1.27. The molecule has 0 radical (unpaired) electrons. The zero-order chi connectivity index (χ0) is 21.5. The van der Waals surface area contributed by atoms with E-state index in [1.807, 2.05) is 24.4 Å². The van der Waals surface area contributed by atoms with E-state index >= 15 is 0 Å². The summed E-state index contributed by atoms with van der Waals surface area (Å²) in [4.78, 5) is 19.8. The van der Waals surface area contributed by atoms with Crippen molar-refractivity contribution < 1.29 is 4.39 Å². The largest absolute Gasteiger partial charge is 0.348 e. The summed E-state index contributed by atoms with van der Waals surface area (Å²) < 4.78 is 17.4. The maximum absolute atomic E-state index is 13.8. The molecule has 8 nitrogen and oxygen atoms in total. The van der Waals surface area contributed by atoms with Crippen LogP contribution in [0.25, 0.3) is 22.9 Å². The number of benzene rings is 1. The molecule has 6 rings (SSSR count). The molecule has 0 saturated carbocycles. The number of hydrogen-bond donors (Lipinski definition) is 0. The minimum Gasteiger partial charge on any atom is -0.348 e. The Morgan fingerprint density at radius 3 is 2.84 bits per heavy atom. The van der Waals surface area contributed by atoms with Crippen molar-refractivity contribution in [3.8, 4) is 17.2 Å². The van der Waals surface area contributed by atoms with E-state index in [4.69, 9.17) is 10.1 Å². The SMILES string of the molecule is Fc1cccc(C2CCCN2c2ccc3ncc(-c4cncc(-n5ccnc5)n4)n3n2)c1. The first-order chi connectivity index (χ1) is 15.8. The summed E-state index contributed by atoms with van der Waals surface area (Å²) in [6.45, 7) is 0.861. The number of anilines is 1. The predicted octanol–water partition coefficient (Wildman–Crippen LogP) is 3.85. The van der Waals surface area contributed by atoms with Crippen molar-refractivity contribution in [1.29, 1.82) is 0 Å². The zero-order valence-corrected chi connectivity index (χ0v) is 17.1. The van der Waals surface area contributed by atoms with Gasteiger partial charge in [-0.15, -0.1) is 5.10 Å². The highest BCUT2D eigenvalue weighted by molar-refractivity contribution is 5.60. The number of nitrogens with zero attached hydrogens (tertiary/aromatic N) is 8. The van der Waals surface area contributed by atoms with Gasteiger partial charge in [0.15, 0.2) is 11.5 Å². The number of imidazole rings is 2. The van der Waals surface area contributed by atoms with Crippen molar-refractivity contribution in [2.75, 3.05) is 11.4 Å². The minimum absolute atomic E-state index is 0.0898. The van der Waals surface area contributed by atoms with Crippen LogP contribution in [0.4, 0.5) is 10.2 Å². The maximum Gasteiger partial charge on any atom is 0.157 e. The molecule has 0 aliphatic carbocycles. The quantitative estimate of drug-likeness (QED) is 0.434. The van der Waals surface area contributed by atoms with Crippen molar-refractivity contribution in [3.63, 3.8) is 0 Å². The average Bonchev–Trinajstić information content (AvgIpc) is 3.59. The van der Waals surface area contributed by atoms with Crippen molar-refractivity contribution >= 4 is 11.5 Å². The second kappa shape index (κ2) is 7.52. The molecule has 0 amide bonds. The Labute approximate surface area is 183 Å². The lowest BCUT2D eigenvalue weighted by molar-refractivity contribution is 0.617. The fourth-order valence-corrected chi connectivity index (χ4v) is 4.29. The first kappa shape index (κ1) is 18.6. The maximum atomic E-state index is 13.8. The molecule has 5 aromatic rings. The Morgan fingerprint density at radius 2 is 1.97 bits per heavy atom. The Bertz CT molecular complexity index is 1390. The molecule has 0 N–H and O–H groups in total. The molecule has 1 atom stereocenters. The standard InChI is InChI=1S/C23H19FN8/c24-17-4-1-3-16(11-17)19-5-2-9-31(19)22-7-6-21-27-13-20(32(21)29-22)18-12-26-14-23(28-18)30-10-8-25-15-30/h1,3-4,6-8,10-15,19H,2,5,9H2. The molecule has 1 aliphatic heterocycles. The fraction of sp³-hybridized carbons (Fsp3) is 0.174. The van der Waals surface area contributed by atoms with Crippen LogP contribution in [0.5, 0.6) is 0 Å². The van der Waals surface area contributed by atoms with Gasteiger partial charge in [-0.3, -0.25) is 9.55 Å². The molecule has 158 valence electrons. The van der Waals surface area contributed by atoms with Gasteiger partial charge in [-0.05, 0) is 42.7 Å². The molecule has 4 aromatic heterocycles. The summed E-state index contributed by atoms with van der Waals surface area (Å²) >= 11 is 0. The number of rotatable bonds is 4. The number of fused-ring (bicyclic) bond motifs is 1. The molecular weight excluding hydrogens is 407 g/mol. The highest BCUT2D eigenvalue weighted by atomic mass is 19.1. The molecule has 1 aromatic carbocycles. The second-order valence-electron chi connectivity index (χ2n) is 7.74. The van der Waals surface area contributed by atoms with E-state index in [1.165, 1.54) is 6.07 Å². The molecule has 5 heterocycles. The topological polar surface area (TPSA) is 77.0 Å². The minimum atomic E-state index is -0.217. The van der Waals surface area contributed by atoms with Crippen LogP contribution in [0.2, 0.25) is 0 Å². The van der Waals surface area contributed by atoms with Gasteiger partial charge in [-0.2, -0.15) is 0 Å². The van der Waals surface area contributed by atoms with Crippen molar-refractivity contribution in [2.24, 2.45) is 0 Å². The average molecular weight is 426 g/mol. The number of aromatic nitrogens is 7. The lowest BCUT2D eigenvalue weighted by atomic mass is 10.0. The molecule has 9 heteroatoms. The van der Waals surface area contributed by atoms with E-state index in [2.05, 4.69) is 19.9 Å². The van der Waals surface area contributed by atoms with Crippen LogP contribution in [0.3, 0.4) is 0 Å². The first-order valence-corrected chi connectivity index (χ1v) is 10.4. The monoisotopic (exact) mass is 426 g/mol. The van der Waals surface area contributed by atoms with Crippen LogP contribution in [0.15, 0.2) is 73.7 Å². The van der Waals surface area contributed by atoms with Gasteiger partial charge in [0.2, 0.25) is 0 Å². The molecule has 0 bridgehead atoms. The Hall–Kier alpha value is -4.14. The summed E-state index contributed by atoms with van der Waals surface area (Å²) in [7, 11) is 0. The van der Waals surface area contributed by atoms with Crippen molar-refractivity contribution in [2.45, 2.75) is 18.9 Å². The lowest BCUT2D eigenvalue weighted by Crippen LogP contribution is -2.24. The third-order valence-corrected chi connectivity index (χ3v) is 5.78. The molecule has 32 heavy (non-hydrogen) atoms. The van der Waals surface area contributed by atoms with Gasteiger partial charge in [0.25, 0.3) is 0 Å². The van der Waals surface area contributed by atoms with Gasteiger partial charge < -0.3 is 4.90 Å². The molecule has 0 spiro atoms. The van der Waals surface area contributed by atoms with Crippen LogP contribution < -0.4 is 4.90 Å². The molecule has 1 fully saturated rings. The van der Waals surface area contributed by atoms with Crippen LogP contribution in [0, 0.1) is 5.82 Å².